The molecule has 4 rings (SSSR count). The number of likely N-dealkylation sites (N-methyl/N-ethyl adjacent to an activating group) is 1. The molecular weight excluding hydrogens is 657 g/mol. The lowest BCUT2D eigenvalue weighted by molar-refractivity contribution is -0.00832. The molecule has 3 N–H and O–H groups in total. The molecule has 14 heteroatoms. The first kappa shape index (κ1) is 37.1. The van der Waals surface area contributed by atoms with E-state index in [1.54, 1.807) is 78.9 Å². The summed E-state index contributed by atoms with van der Waals surface area (Å²) in [6, 6.07) is 14.0. The van der Waals surface area contributed by atoms with Crippen molar-refractivity contribution < 1.29 is 37.3 Å². The summed E-state index contributed by atoms with van der Waals surface area (Å²) in [5, 5.41) is 17.5. The number of aliphatic hydroxyl groups is 1. The standard InChI is InChI=1S/C34H46N4O8S2/c1-23-20-38(24(2)22-39)33(40)29-19-27(36-34(41)35-26-11-14-28(44-5)15-12-26)13-16-30(29)46-25(3)9-6-7-17-45-31(23)21-37(4)48(42,43)32-10-8-18-47-32/h8,10-16,18-19,23-25,31,39H,6-7,9,17,20-22H2,1-5H3,(H2,35,36,41)/t23-,24-,25-,31-/m0/s1. The summed E-state index contributed by atoms with van der Waals surface area (Å²) in [7, 11) is -0.628. The van der Waals surface area contributed by atoms with Gasteiger partial charge in [0.25, 0.3) is 15.9 Å². The number of carbonyl (C=O) groups excluding carboxylic acids is 2. The number of methoxy groups -OCH3 is 1. The van der Waals surface area contributed by atoms with Crippen molar-refractivity contribution in [3.63, 3.8) is 0 Å². The lowest BCUT2D eigenvalue weighted by atomic mass is 10.0. The number of ether oxygens (including phenoxy) is 3. The van der Waals surface area contributed by atoms with E-state index >= 15 is 0 Å². The number of fused-ring (bicyclic) bond motifs is 1. The highest BCUT2D eigenvalue weighted by Gasteiger charge is 2.32. The zero-order chi connectivity index (χ0) is 34.8. The number of urea groups is 1. The Morgan fingerprint density at radius 1 is 1.12 bits per heavy atom. The maximum absolute atomic E-state index is 14.3. The zero-order valence-corrected chi connectivity index (χ0v) is 29.7. The van der Waals surface area contributed by atoms with Gasteiger partial charge in [0.1, 0.15) is 15.7 Å². The predicted octanol–water partition coefficient (Wildman–Crippen LogP) is 5.52. The van der Waals surface area contributed by atoms with Gasteiger partial charge in [0.15, 0.2) is 0 Å². The van der Waals surface area contributed by atoms with E-state index in [1.807, 2.05) is 13.8 Å². The van der Waals surface area contributed by atoms with Crippen LogP contribution in [0.2, 0.25) is 0 Å². The SMILES string of the molecule is COc1ccc(NC(=O)Nc2ccc3c(c2)C(=O)N([C@@H](C)CO)C[C@H](C)[C@H](CN(C)S(=O)(=O)c2cccs2)OCCCC[C@H](C)O3)cc1. The number of anilines is 2. The van der Waals surface area contributed by atoms with Crippen molar-refractivity contribution in [1.29, 1.82) is 0 Å². The molecular formula is C34H46N4O8S2. The number of thiophene rings is 1. The number of carbonyl (C=O) groups is 2. The monoisotopic (exact) mass is 702 g/mol. The molecule has 0 spiro atoms. The molecule has 0 saturated heterocycles. The molecule has 2 heterocycles. The highest BCUT2D eigenvalue weighted by molar-refractivity contribution is 7.91. The fraction of sp³-hybridized carbons (Fsp3) is 0.471. The van der Waals surface area contributed by atoms with Gasteiger partial charge in [-0.1, -0.05) is 13.0 Å². The number of sulfonamides is 1. The number of hydrogen-bond acceptors (Lipinski definition) is 9. The van der Waals surface area contributed by atoms with Crippen LogP contribution in [0, 0.1) is 5.92 Å². The van der Waals surface area contributed by atoms with Gasteiger partial charge in [-0.3, -0.25) is 4.79 Å². The van der Waals surface area contributed by atoms with Gasteiger partial charge in [-0.15, -0.1) is 11.3 Å². The number of amides is 3. The maximum Gasteiger partial charge on any atom is 0.323 e. The summed E-state index contributed by atoms with van der Waals surface area (Å²) >= 11 is 1.15. The Morgan fingerprint density at radius 3 is 2.50 bits per heavy atom. The highest BCUT2D eigenvalue weighted by atomic mass is 32.2. The van der Waals surface area contributed by atoms with Crippen LogP contribution in [0.1, 0.15) is 50.4 Å². The number of hydrogen-bond donors (Lipinski definition) is 3. The molecule has 1 aliphatic heterocycles. The Kier molecular flexibility index (Phi) is 13.2. The third-order valence-electron chi connectivity index (χ3n) is 8.25. The van der Waals surface area contributed by atoms with Crippen LogP contribution in [0.3, 0.4) is 0 Å². The summed E-state index contributed by atoms with van der Waals surface area (Å²) < 4.78 is 45.8. The normalized spacial score (nSPS) is 20.3. The van der Waals surface area contributed by atoms with Crippen molar-refractivity contribution in [1.82, 2.24) is 9.21 Å². The lowest BCUT2D eigenvalue weighted by Gasteiger charge is -2.35. The quantitative estimate of drug-likeness (QED) is 0.264. The minimum absolute atomic E-state index is 0.0877. The van der Waals surface area contributed by atoms with E-state index in [0.717, 1.165) is 24.2 Å². The van der Waals surface area contributed by atoms with Crippen molar-refractivity contribution >= 4 is 44.7 Å². The Bertz CT molecular complexity index is 1600. The van der Waals surface area contributed by atoms with Gasteiger partial charge in [0, 0.05) is 44.0 Å². The summed E-state index contributed by atoms with van der Waals surface area (Å²) in [5.41, 5.74) is 1.16. The predicted molar refractivity (Wildman–Crippen MR) is 187 cm³/mol. The van der Waals surface area contributed by atoms with Crippen LogP contribution in [-0.4, -0.2) is 93.4 Å². The molecule has 48 heavy (non-hydrogen) atoms. The smallest absolute Gasteiger partial charge is 0.323 e. The van der Waals surface area contributed by atoms with E-state index in [1.165, 1.54) is 11.4 Å². The van der Waals surface area contributed by atoms with E-state index in [-0.39, 0.29) is 41.5 Å². The molecule has 0 fully saturated rings. The number of benzene rings is 2. The maximum atomic E-state index is 14.3. The highest BCUT2D eigenvalue weighted by Crippen LogP contribution is 2.29. The largest absolute Gasteiger partial charge is 0.497 e. The Morgan fingerprint density at radius 2 is 1.83 bits per heavy atom. The second-order valence-corrected chi connectivity index (χ2v) is 15.3. The first-order valence-electron chi connectivity index (χ1n) is 16.0. The molecule has 3 amide bonds. The summed E-state index contributed by atoms with van der Waals surface area (Å²) in [5.74, 6) is 0.305. The Hall–Kier alpha value is -3.69. The number of aliphatic hydroxyl groups excluding tert-OH is 1. The van der Waals surface area contributed by atoms with Gasteiger partial charge >= 0.3 is 6.03 Å². The minimum Gasteiger partial charge on any atom is -0.497 e. The van der Waals surface area contributed by atoms with Gasteiger partial charge < -0.3 is 34.9 Å². The van der Waals surface area contributed by atoms with Crippen LogP contribution in [0.5, 0.6) is 11.5 Å². The molecule has 1 aromatic heterocycles. The third-order valence-corrected chi connectivity index (χ3v) is 11.5. The fourth-order valence-corrected chi connectivity index (χ4v) is 7.73. The molecule has 0 radical (unpaired) electrons. The number of rotatable bonds is 9. The van der Waals surface area contributed by atoms with E-state index in [2.05, 4.69) is 10.6 Å². The molecule has 0 saturated carbocycles. The van der Waals surface area contributed by atoms with Crippen LogP contribution < -0.4 is 20.1 Å². The summed E-state index contributed by atoms with van der Waals surface area (Å²) in [6.07, 6.45) is 1.49. The fourth-order valence-electron chi connectivity index (χ4n) is 5.35. The van der Waals surface area contributed by atoms with E-state index in [4.69, 9.17) is 14.2 Å². The van der Waals surface area contributed by atoms with Gasteiger partial charge in [-0.25, -0.2) is 13.2 Å². The molecule has 0 aliphatic carbocycles. The molecule has 262 valence electrons. The number of nitrogens with one attached hydrogen (secondary N) is 2. The third kappa shape index (κ3) is 9.69. The van der Waals surface area contributed by atoms with Crippen LogP contribution in [0.4, 0.5) is 16.2 Å². The molecule has 2 aromatic carbocycles. The van der Waals surface area contributed by atoms with Crippen LogP contribution in [0.25, 0.3) is 0 Å². The van der Waals surface area contributed by atoms with E-state index < -0.39 is 34.1 Å². The topological polar surface area (TPSA) is 147 Å². The average molecular weight is 703 g/mol. The van der Waals surface area contributed by atoms with Crippen LogP contribution in [-0.2, 0) is 14.8 Å². The summed E-state index contributed by atoms with van der Waals surface area (Å²) in [6.45, 7) is 5.96. The average Bonchev–Trinajstić information content (AvgIpc) is 3.62. The van der Waals surface area contributed by atoms with Gasteiger partial charge in [0.05, 0.1) is 37.5 Å². The van der Waals surface area contributed by atoms with Crippen molar-refractivity contribution in [2.45, 2.75) is 62.5 Å². The minimum atomic E-state index is -3.72. The second-order valence-electron chi connectivity index (χ2n) is 12.0. The van der Waals surface area contributed by atoms with Crippen LogP contribution >= 0.6 is 11.3 Å². The lowest BCUT2D eigenvalue weighted by Crippen LogP contribution is -2.48. The first-order chi connectivity index (χ1) is 22.9. The van der Waals surface area contributed by atoms with E-state index in [9.17, 15) is 23.1 Å². The van der Waals surface area contributed by atoms with Crippen molar-refractivity contribution in [2.24, 2.45) is 5.92 Å². The molecule has 3 aromatic rings. The first-order valence-corrected chi connectivity index (χ1v) is 18.3. The number of nitrogens with zero attached hydrogens (tertiary/aromatic N) is 2. The molecule has 0 bridgehead atoms. The molecule has 0 unspecified atom stereocenters. The van der Waals surface area contributed by atoms with Gasteiger partial charge in [-0.05, 0) is 87.0 Å². The van der Waals surface area contributed by atoms with Gasteiger partial charge in [-0.2, -0.15) is 4.31 Å². The molecule has 1 aliphatic rings. The van der Waals surface area contributed by atoms with Crippen molar-refractivity contribution in [3.8, 4) is 11.5 Å². The molecule has 4 atom stereocenters. The van der Waals surface area contributed by atoms with E-state index in [0.29, 0.717) is 35.9 Å². The van der Waals surface area contributed by atoms with Gasteiger partial charge in [0.2, 0.25) is 0 Å². The summed E-state index contributed by atoms with van der Waals surface area (Å²) in [4.78, 5) is 28.8. The Balaban J connectivity index is 1.61. The van der Waals surface area contributed by atoms with Crippen molar-refractivity contribution in [2.75, 3.05) is 51.1 Å². The Labute approximate surface area is 287 Å². The second kappa shape index (κ2) is 17.1. The zero-order valence-electron chi connectivity index (χ0n) is 28.0. The van der Waals surface area contributed by atoms with Crippen LogP contribution in [0.15, 0.2) is 64.2 Å². The molecule has 12 nitrogen and oxygen atoms in total. The van der Waals surface area contributed by atoms with Crippen molar-refractivity contribution in [3.05, 3.63) is 65.5 Å².